The number of para-hydroxylation sites is 3. The zero-order chi connectivity index (χ0) is 12.4. The smallest absolute Gasteiger partial charge is 0.122 e. The third kappa shape index (κ3) is 2.12. The lowest BCUT2D eigenvalue weighted by Gasteiger charge is -2.27. The first-order valence-electron chi connectivity index (χ1n) is 6.14. The summed E-state index contributed by atoms with van der Waals surface area (Å²) in [6.07, 6.45) is 0.963. The lowest BCUT2D eigenvalue weighted by atomic mass is 10.0. The van der Waals surface area contributed by atoms with E-state index in [0.717, 1.165) is 23.5 Å². The van der Waals surface area contributed by atoms with Crippen molar-refractivity contribution in [2.75, 3.05) is 17.7 Å². The fraction of sp³-hybridized carbons (Fsp3) is 0.200. The van der Waals surface area contributed by atoms with Gasteiger partial charge in [-0.3, -0.25) is 0 Å². The Morgan fingerprint density at radius 3 is 2.72 bits per heavy atom. The highest BCUT2D eigenvalue weighted by molar-refractivity contribution is 5.66. The molecule has 1 unspecified atom stereocenters. The Morgan fingerprint density at radius 2 is 1.83 bits per heavy atom. The summed E-state index contributed by atoms with van der Waals surface area (Å²) in [6, 6.07) is 16.3. The van der Waals surface area contributed by atoms with E-state index in [0.29, 0.717) is 6.61 Å². The molecule has 1 heterocycles. The molecule has 2 aromatic carbocycles. The van der Waals surface area contributed by atoms with E-state index in [1.54, 1.807) is 0 Å². The Hall–Kier alpha value is -2.16. The van der Waals surface area contributed by atoms with Crippen molar-refractivity contribution in [3.63, 3.8) is 0 Å². The van der Waals surface area contributed by atoms with Gasteiger partial charge in [0.05, 0.1) is 17.4 Å². The second kappa shape index (κ2) is 4.61. The molecule has 1 aliphatic rings. The average Bonchev–Trinajstić information content (AvgIpc) is 2.41. The van der Waals surface area contributed by atoms with Crippen LogP contribution in [0.15, 0.2) is 48.5 Å². The molecule has 92 valence electrons. The number of fused-ring (bicyclic) bond motifs is 1. The second-order valence-corrected chi connectivity index (χ2v) is 4.55. The molecule has 3 heteroatoms. The maximum Gasteiger partial charge on any atom is 0.122 e. The minimum Gasteiger partial charge on any atom is -0.491 e. The lowest BCUT2D eigenvalue weighted by molar-refractivity contribution is 0.272. The van der Waals surface area contributed by atoms with Gasteiger partial charge in [0.15, 0.2) is 0 Å². The SMILES string of the molecule is Nc1ccccc1NC1COc2ccccc2C1. The lowest BCUT2D eigenvalue weighted by Crippen LogP contribution is -2.33. The number of nitrogens with two attached hydrogens (primary N) is 1. The maximum absolute atomic E-state index is 5.93. The molecular weight excluding hydrogens is 224 g/mol. The maximum atomic E-state index is 5.93. The van der Waals surface area contributed by atoms with Gasteiger partial charge in [0, 0.05) is 0 Å². The molecule has 1 aliphatic heterocycles. The zero-order valence-electron chi connectivity index (χ0n) is 10.1. The van der Waals surface area contributed by atoms with Crippen LogP contribution in [0.4, 0.5) is 11.4 Å². The minimum atomic E-state index is 0.268. The number of hydrogen-bond donors (Lipinski definition) is 2. The molecule has 0 saturated heterocycles. The number of ether oxygens (including phenoxy) is 1. The second-order valence-electron chi connectivity index (χ2n) is 4.55. The van der Waals surface area contributed by atoms with Gasteiger partial charge >= 0.3 is 0 Å². The van der Waals surface area contributed by atoms with Crippen molar-refractivity contribution >= 4 is 11.4 Å². The fourth-order valence-corrected chi connectivity index (χ4v) is 2.27. The van der Waals surface area contributed by atoms with Crippen molar-refractivity contribution in [2.24, 2.45) is 0 Å². The van der Waals surface area contributed by atoms with Gasteiger partial charge in [0.1, 0.15) is 12.4 Å². The Labute approximate surface area is 107 Å². The van der Waals surface area contributed by atoms with Crippen molar-refractivity contribution in [3.8, 4) is 5.75 Å². The van der Waals surface area contributed by atoms with Crippen LogP contribution in [0, 0.1) is 0 Å². The Bertz CT molecular complexity index is 554. The van der Waals surface area contributed by atoms with Gasteiger partial charge in [0.2, 0.25) is 0 Å². The van der Waals surface area contributed by atoms with Crippen molar-refractivity contribution in [2.45, 2.75) is 12.5 Å². The summed E-state index contributed by atoms with van der Waals surface area (Å²) in [4.78, 5) is 0. The zero-order valence-corrected chi connectivity index (χ0v) is 10.1. The van der Waals surface area contributed by atoms with Gasteiger partial charge in [-0.25, -0.2) is 0 Å². The molecule has 0 fully saturated rings. The molecule has 0 aliphatic carbocycles. The normalized spacial score (nSPS) is 17.7. The summed E-state index contributed by atoms with van der Waals surface area (Å²) in [5.74, 6) is 0.997. The van der Waals surface area contributed by atoms with Crippen LogP contribution in [-0.2, 0) is 6.42 Å². The summed E-state index contributed by atoms with van der Waals surface area (Å²) >= 11 is 0. The quantitative estimate of drug-likeness (QED) is 0.793. The van der Waals surface area contributed by atoms with E-state index >= 15 is 0 Å². The van der Waals surface area contributed by atoms with Crippen LogP contribution in [0.25, 0.3) is 0 Å². The third-order valence-corrected chi connectivity index (χ3v) is 3.20. The molecule has 3 rings (SSSR count). The highest BCUT2D eigenvalue weighted by atomic mass is 16.5. The molecule has 0 aromatic heterocycles. The van der Waals surface area contributed by atoms with E-state index in [4.69, 9.17) is 10.5 Å². The topological polar surface area (TPSA) is 47.3 Å². The predicted molar refractivity (Wildman–Crippen MR) is 73.9 cm³/mol. The first kappa shape index (κ1) is 11.0. The molecule has 0 spiro atoms. The van der Waals surface area contributed by atoms with Crippen LogP contribution in [-0.4, -0.2) is 12.6 Å². The summed E-state index contributed by atoms with van der Waals surface area (Å²) < 4.78 is 5.74. The number of nitrogens with one attached hydrogen (secondary N) is 1. The van der Waals surface area contributed by atoms with Crippen LogP contribution in [0.5, 0.6) is 5.75 Å². The molecule has 1 atom stereocenters. The average molecular weight is 240 g/mol. The van der Waals surface area contributed by atoms with Crippen LogP contribution in [0.2, 0.25) is 0 Å². The Morgan fingerprint density at radius 1 is 1.06 bits per heavy atom. The number of nitrogen functional groups attached to an aromatic ring is 1. The van der Waals surface area contributed by atoms with Gasteiger partial charge in [-0.15, -0.1) is 0 Å². The van der Waals surface area contributed by atoms with Crippen LogP contribution in [0.3, 0.4) is 0 Å². The van der Waals surface area contributed by atoms with Crippen LogP contribution < -0.4 is 15.8 Å². The Kier molecular flexibility index (Phi) is 2.81. The molecular formula is C15H16N2O. The van der Waals surface area contributed by atoms with E-state index in [9.17, 15) is 0 Å². The van der Waals surface area contributed by atoms with Gasteiger partial charge < -0.3 is 15.8 Å². The number of rotatable bonds is 2. The van der Waals surface area contributed by atoms with E-state index in [1.807, 2.05) is 42.5 Å². The fourth-order valence-electron chi connectivity index (χ4n) is 2.27. The van der Waals surface area contributed by atoms with Gasteiger partial charge in [-0.1, -0.05) is 30.3 Å². The number of benzene rings is 2. The molecule has 0 amide bonds. The van der Waals surface area contributed by atoms with E-state index in [-0.39, 0.29) is 6.04 Å². The minimum absolute atomic E-state index is 0.268. The molecule has 0 saturated carbocycles. The first-order chi connectivity index (χ1) is 8.83. The van der Waals surface area contributed by atoms with Crippen LogP contribution in [0.1, 0.15) is 5.56 Å². The van der Waals surface area contributed by atoms with Crippen molar-refractivity contribution in [1.29, 1.82) is 0 Å². The van der Waals surface area contributed by atoms with Gasteiger partial charge in [0.25, 0.3) is 0 Å². The van der Waals surface area contributed by atoms with E-state index in [2.05, 4.69) is 11.4 Å². The molecule has 0 bridgehead atoms. The van der Waals surface area contributed by atoms with Crippen molar-refractivity contribution in [3.05, 3.63) is 54.1 Å². The summed E-state index contributed by atoms with van der Waals surface area (Å²) in [6.45, 7) is 0.672. The largest absolute Gasteiger partial charge is 0.491 e. The molecule has 3 N–H and O–H groups in total. The summed E-state index contributed by atoms with van der Waals surface area (Å²) in [7, 11) is 0. The molecule has 3 nitrogen and oxygen atoms in total. The van der Waals surface area contributed by atoms with Crippen molar-refractivity contribution in [1.82, 2.24) is 0 Å². The highest BCUT2D eigenvalue weighted by Gasteiger charge is 2.19. The van der Waals surface area contributed by atoms with E-state index in [1.165, 1.54) is 5.56 Å². The van der Waals surface area contributed by atoms with Crippen LogP contribution >= 0.6 is 0 Å². The van der Waals surface area contributed by atoms with Gasteiger partial charge in [-0.05, 0) is 30.2 Å². The molecule has 18 heavy (non-hydrogen) atoms. The van der Waals surface area contributed by atoms with E-state index < -0.39 is 0 Å². The first-order valence-corrected chi connectivity index (χ1v) is 6.14. The Balaban J connectivity index is 1.75. The predicted octanol–water partition coefficient (Wildman–Crippen LogP) is 2.68. The number of hydrogen-bond acceptors (Lipinski definition) is 3. The summed E-state index contributed by atoms with van der Waals surface area (Å²) in [5.41, 5.74) is 8.93. The molecule has 0 radical (unpaired) electrons. The highest BCUT2D eigenvalue weighted by Crippen LogP contribution is 2.26. The number of anilines is 2. The van der Waals surface area contributed by atoms with Gasteiger partial charge in [-0.2, -0.15) is 0 Å². The third-order valence-electron chi connectivity index (χ3n) is 3.20. The summed E-state index contributed by atoms with van der Waals surface area (Å²) in [5, 5.41) is 3.44. The molecule has 2 aromatic rings. The van der Waals surface area contributed by atoms with Crippen molar-refractivity contribution < 1.29 is 4.74 Å². The monoisotopic (exact) mass is 240 g/mol. The standard InChI is InChI=1S/C15H16N2O/c16-13-6-2-3-7-14(13)17-12-9-11-5-1-4-8-15(11)18-10-12/h1-8,12,17H,9-10,16H2.